The van der Waals surface area contributed by atoms with Crippen molar-refractivity contribution >= 4 is 11.6 Å². The lowest BCUT2D eigenvalue weighted by atomic mass is 9.98. The highest BCUT2D eigenvalue weighted by Crippen LogP contribution is 2.26. The zero-order valence-electron chi connectivity index (χ0n) is 9.63. The Morgan fingerprint density at radius 2 is 2.38 bits per heavy atom. The second-order valence-electron chi connectivity index (χ2n) is 4.35. The molecule has 16 heavy (non-hydrogen) atoms. The predicted octanol–water partition coefficient (Wildman–Crippen LogP) is 2.89. The summed E-state index contributed by atoms with van der Waals surface area (Å²) in [5, 5.41) is 4.18. The quantitative estimate of drug-likeness (QED) is 0.873. The van der Waals surface area contributed by atoms with Crippen molar-refractivity contribution < 1.29 is 4.74 Å². The fraction of sp³-hybridized carbons (Fsp3) is 0.538. The molecule has 1 aliphatic rings. The highest BCUT2D eigenvalue weighted by atomic mass is 35.5. The fourth-order valence-corrected chi connectivity index (χ4v) is 2.46. The Balaban J connectivity index is 1.98. The lowest BCUT2D eigenvalue weighted by Crippen LogP contribution is -2.09. The average molecular weight is 240 g/mol. The first kappa shape index (κ1) is 11.7. The molecule has 1 unspecified atom stereocenters. The summed E-state index contributed by atoms with van der Waals surface area (Å²) < 4.78 is 5.34. The summed E-state index contributed by atoms with van der Waals surface area (Å²) in [5.41, 5.74) is 1.22. The van der Waals surface area contributed by atoms with Gasteiger partial charge in [0.2, 0.25) is 0 Å². The van der Waals surface area contributed by atoms with Crippen LogP contribution in [0.1, 0.15) is 18.4 Å². The van der Waals surface area contributed by atoms with Crippen molar-refractivity contribution in [1.29, 1.82) is 0 Å². The molecular weight excluding hydrogens is 222 g/mol. The summed E-state index contributed by atoms with van der Waals surface area (Å²) in [7, 11) is 1.71. The molecule has 1 fully saturated rings. The minimum absolute atomic E-state index is 0.792. The molecule has 0 aromatic heterocycles. The predicted molar refractivity (Wildman–Crippen MR) is 67.3 cm³/mol. The maximum atomic E-state index is 6.00. The zero-order valence-corrected chi connectivity index (χ0v) is 10.4. The molecular formula is C13H18ClNO. The van der Waals surface area contributed by atoms with E-state index in [2.05, 4.69) is 5.32 Å². The molecule has 1 aromatic carbocycles. The van der Waals surface area contributed by atoms with Gasteiger partial charge in [0, 0.05) is 5.02 Å². The Morgan fingerprint density at radius 3 is 3.06 bits per heavy atom. The number of hydrogen-bond acceptors (Lipinski definition) is 2. The second kappa shape index (κ2) is 5.55. The Kier molecular flexibility index (Phi) is 4.08. The van der Waals surface area contributed by atoms with Crippen LogP contribution in [0.4, 0.5) is 0 Å². The minimum Gasteiger partial charge on any atom is -0.496 e. The first-order valence-electron chi connectivity index (χ1n) is 5.82. The van der Waals surface area contributed by atoms with E-state index >= 15 is 0 Å². The number of ether oxygens (including phenoxy) is 1. The second-order valence-corrected chi connectivity index (χ2v) is 4.79. The minimum atomic E-state index is 0.792. The van der Waals surface area contributed by atoms with Gasteiger partial charge in [-0.15, -0.1) is 0 Å². The maximum absolute atomic E-state index is 6.00. The summed E-state index contributed by atoms with van der Waals surface area (Å²) in [5.74, 6) is 1.76. The topological polar surface area (TPSA) is 21.3 Å². The van der Waals surface area contributed by atoms with Crippen molar-refractivity contribution in [3.8, 4) is 5.75 Å². The van der Waals surface area contributed by atoms with Crippen LogP contribution in [0.25, 0.3) is 0 Å². The van der Waals surface area contributed by atoms with Crippen LogP contribution in [-0.4, -0.2) is 20.2 Å². The van der Waals surface area contributed by atoms with Crippen molar-refractivity contribution in [1.82, 2.24) is 5.32 Å². The molecule has 1 aromatic rings. The third kappa shape index (κ3) is 2.89. The molecule has 2 rings (SSSR count). The van der Waals surface area contributed by atoms with E-state index < -0.39 is 0 Å². The number of nitrogens with one attached hydrogen (secondary N) is 1. The third-order valence-electron chi connectivity index (χ3n) is 3.23. The monoisotopic (exact) mass is 239 g/mol. The van der Waals surface area contributed by atoms with Gasteiger partial charge in [-0.05, 0) is 62.0 Å². The van der Waals surface area contributed by atoms with Crippen LogP contribution in [-0.2, 0) is 6.42 Å². The molecule has 1 N–H and O–H groups in total. The fourth-order valence-electron chi connectivity index (χ4n) is 2.26. The van der Waals surface area contributed by atoms with Crippen LogP contribution in [0.15, 0.2) is 18.2 Å². The number of halogens is 1. The molecule has 0 radical (unpaired) electrons. The molecule has 1 aliphatic heterocycles. The Hall–Kier alpha value is -0.730. The van der Waals surface area contributed by atoms with Crippen molar-refractivity contribution in [3.05, 3.63) is 28.8 Å². The first-order chi connectivity index (χ1) is 7.79. The van der Waals surface area contributed by atoms with Crippen LogP contribution < -0.4 is 10.1 Å². The molecule has 0 aliphatic carbocycles. The van der Waals surface area contributed by atoms with Gasteiger partial charge in [0.15, 0.2) is 0 Å². The summed E-state index contributed by atoms with van der Waals surface area (Å²) >= 11 is 6.00. The molecule has 0 amide bonds. The summed E-state index contributed by atoms with van der Waals surface area (Å²) in [4.78, 5) is 0. The maximum Gasteiger partial charge on any atom is 0.122 e. The molecule has 1 saturated heterocycles. The van der Waals surface area contributed by atoms with Crippen LogP contribution in [0.3, 0.4) is 0 Å². The molecule has 1 heterocycles. The number of methoxy groups -OCH3 is 1. The normalized spacial score (nSPS) is 20.0. The van der Waals surface area contributed by atoms with Gasteiger partial charge >= 0.3 is 0 Å². The van der Waals surface area contributed by atoms with Gasteiger partial charge in [-0.2, -0.15) is 0 Å². The van der Waals surface area contributed by atoms with Crippen LogP contribution in [0, 0.1) is 5.92 Å². The van der Waals surface area contributed by atoms with E-state index in [1.807, 2.05) is 18.2 Å². The van der Waals surface area contributed by atoms with E-state index in [0.29, 0.717) is 0 Å². The van der Waals surface area contributed by atoms with Gasteiger partial charge in [0.05, 0.1) is 7.11 Å². The number of hydrogen-bond donors (Lipinski definition) is 1. The van der Waals surface area contributed by atoms with Crippen LogP contribution in [0.2, 0.25) is 5.02 Å². The van der Waals surface area contributed by atoms with E-state index in [9.17, 15) is 0 Å². The first-order valence-corrected chi connectivity index (χ1v) is 6.20. The highest BCUT2D eigenvalue weighted by Gasteiger charge is 2.15. The van der Waals surface area contributed by atoms with Crippen LogP contribution in [0.5, 0.6) is 5.75 Å². The Bertz CT molecular complexity index is 348. The molecule has 0 bridgehead atoms. The third-order valence-corrected chi connectivity index (χ3v) is 3.46. The van der Waals surface area contributed by atoms with Gasteiger partial charge in [0.1, 0.15) is 5.75 Å². The van der Waals surface area contributed by atoms with E-state index in [-0.39, 0.29) is 0 Å². The molecule has 2 nitrogen and oxygen atoms in total. The van der Waals surface area contributed by atoms with E-state index in [1.165, 1.54) is 18.4 Å². The lowest BCUT2D eigenvalue weighted by Gasteiger charge is -2.11. The average Bonchev–Trinajstić information content (AvgIpc) is 2.79. The standard InChI is InChI=1S/C13H18ClNO/c1-16-13-5-4-12(14)8-11(13)3-2-10-6-7-15-9-10/h4-5,8,10,15H,2-3,6-7,9H2,1H3. The van der Waals surface area contributed by atoms with Crippen molar-refractivity contribution in [3.63, 3.8) is 0 Å². The molecule has 88 valence electrons. The Morgan fingerprint density at radius 1 is 1.50 bits per heavy atom. The van der Waals surface area contributed by atoms with E-state index in [1.54, 1.807) is 7.11 Å². The summed E-state index contributed by atoms with van der Waals surface area (Å²) in [6.07, 6.45) is 3.56. The van der Waals surface area contributed by atoms with Crippen molar-refractivity contribution in [2.24, 2.45) is 5.92 Å². The molecule has 3 heteroatoms. The Labute approximate surface area is 102 Å². The molecule has 0 saturated carbocycles. The highest BCUT2D eigenvalue weighted by molar-refractivity contribution is 6.30. The van der Waals surface area contributed by atoms with Crippen molar-refractivity contribution in [2.75, 3.05) is 20.2 Å². The number of rotatable bonds is 4. The summed E-state index contributed by atoms with van der Waals surface area (Å²) in [6, 6.07) is 5.84. The SMILES string of the molecule is COc1ccc(Cl)cc1CCC1CCNC1. The smallest absolute Gasteiger partial charge is 0.122 e. The largest absolute Gasteiger partial charge is 0.496 e. The van der Waals surface area contributed by atoms with Crippen LogP contribution >= 0.6 is 11.6 Å². The van der Waals surface area contributed by atoms with E-state index in [4.69, 9.17) is 16.3 Å². The number of aryl methyl sites for hydroxylation is 1. The number of benzene rings is 1. The van der Waals surface area contributed by atoms with Gasteiger partial charge in [0.25, 0.3) is 0 Å². The van der Waals surface area contributed by atoms with Crippen molar-refractivity contribution in [2.45, 2.75) is 19.3 Å². The summed E-state index contributed by atoms with van der Waals surface area (Å²) in [6.45, 7) is 2.32. The molecule has 1 atom stereocenters. The van der Waals surface area contributed by atoms with Gasteiger partial charge in [-0.1, -0.05) is 11.6 Å². The van der Waals surface area contributed by atoms with Gasteiger partial charge in [-0.25, -0.2) is 0 Å². The van der Waals surface area contributed by atoms with Gasteiger partial charge in [-0.3, -0.25) is 0 Å². The molecule has 0 spiro atoms. The zero-order chi connectivity index (χ0) is 11.4. The van der Waals surface area contributed by atoms with Gasteiger partial charge < -0.3 is 10.1 Å². The lowest BCUT2D eigenvalue weighted by molar-refractivity contribution is 0.406. The van der Waals surface area contributed by atoms with E-state index in [0.717, 1.165) is 36.2 Å².